The molecule has 0 aliphatic rings. The molecule has 0 aliphatic heterocycles. The summed E-state index contributed by atoms with van der Waals surface area (Å²) in [5.74, 6) is 1.23. The number of carbonyl (C=O) groups is 1. The summed E-state index contributed by atoms with van der Waals surface area (Å²) in [5, 5.41) is 4.88. The van der Waals surface area contributed by atoms with Crippen LogP contribution in [0.3, 0.4) is 0 Å². The van der Waals surface area contributed by atoms with E-state index >= 15 is 0 Å². The van der Waals surface area contributed by atoms with Gasteiger partial charge in [0.25, 0.3) is 5.91 Å². The lowest BCUT2D eigenvalue weighted by Gasteiger charge is -2.07. The maximum absolute atomic E-state index is 12.0. The Hall–Kier alpha value is -2.54. The lowest BCUT2D eigenvalue weighted by Crippen LogP contribution is -2.26. The second kappa shape index (κ2) is 6.48. The highest BCUT2D eigenvalue weighted by Crippen LogP contribution is 2.13. The van der Waals surface area contributed by atoms with Crippen LogP contribution in [0.2, 0.25) is 0 Å². The molecule has 3 aromatic heterocycles. The molecule has 0 aliphatic carbocycles. The van der Waals surface area contributed by atoms with Gasteiger partial charge < -0.3 is 9.88 Å². The van der Waals surface area contributed by atoms with Crippen molar-refractivity contribution < 1.29 is 4.79 Å². The number of rotatable bonds is 5. The molecule has 0 radical (unpaired) electrons. The van der Waals surface area contributed by atoms with Gasteiger partial charge in [0.1, 0.15) is 0 Å². The van der Waals surface area contributed by atoms with E-state index in [0.29, 0.717) is 24.7 Å². The molecule has 0 fully saturated rings. The molecule has 6 nitrogen and oxygen atoms in total. The van der Waals surface area contributed by atoms with Crippen molar-refractivity contribution in [2.24, 2.45) is 0 Å². The van der Waals surface area contributed by atoms with E-state index in [1.54, 1.807) is 24.7 Å². The van der Waals surface area contributed by atoms with Gasteiger partial charge in [-0.2, -0.15) is 0 Å². The van der Waals surface area contributed by atoms with Crippen LogP contribution in [-0.2, 0) is 6.54 Å². The smallest absolute Gasteiger partial charge is 0.261 e. The summed E-state index contributed by atoms with van der Waals surface area (Å²) in [6.45, 7) is 3.11. The van der Waals surface area contributed by atoms with E-state index in [-0.39, 0.29) is 5.91 Å². The first-order chi connectivity index (χ1) is 10.7. The SMILES string of the molecule is Cc1csc(C(=O)NCCn2ccnc2-c2ncccn2)c1. The van der Waals surface area contributed by atoms with Gasteiger partial charge in [0.05, 0.1) is 4.88 Å². The zero-order valence-corrected chi connectivity index (χ0v) is 12.9. The summed E-state index contributed by atoms with van der Waals surface area (Å²) in [6.07, 6.45) is 6.92. The van der Waals surface area contributed by atoms with Crippen LogP contribution in [0.25, 0.3) is 11.6 Å². The van der Waals surface area contributed by atoms with Crippen molar-refractivity contribution in [2.75, 3.05) is 6.54 Å². The maximum Gasteiger partial charge on any atom is 0.261 e. The van der Waals surface area contributed by atoms with Crippen LogP contribution in [-0.4, -0.2) is 32.0 Å². The maximum atomic E-state index is 12.0. The molecule has 3 heterocycles. The normalized spacial score (nSPS) is 10.6. The van der Waals surface area contributed by atoms with Crippen molar-refractivity contribution in [3.63, 3.8) is 0 Å². The van der Waals surface area contributed by atoms with E-state index in [9.17, 15) is 4.79 Å². The minimum atomic E-state index is -0.0456. The Morgan fingerprint density at radius 3 is 2.82 bits per heavy atom. The Kier molecular flexibility index (Phi) is 4.24. The first-order valence-corrected chi connectivity index (χ1v) is 7.74. The molecule has 22 heavy (non-hydrogen) atoms. The lowest BCUT2D eigenvalue weighted by atomic mass is 10.3. The third-order valence-electron chi connectivity index (χ3n) is 3.07. The zero-order chi connectivity index (χ0) is 15.4. The number of nitrogens with one attached hydrogen (secondary N) is 1. The van der Waals surface area contributed by atoms with E-state index in [1.807, 2.05) is 29.1 Å². The number of imidazole rings is 1. The molecule has 1 N–H and O–H groups in total. The number of nitrogens with zero attached hydrogens (tertiary/aromatic N) is 4. The molecule has 3 rings (SSSR count). The molecule has 1 amide bonds. The molecule has 0 unspecified atom stereocenters. The summed E-state index contributed by atoms with van der Waals surface area (Å²) in [6, 6.07) is 3.65. The summed E-state index contributed by atoms with van der Waals surface area (Å²) < 4.78 is 1.93. The Labute approximate surface area is 131 Å². The van der Waals surface area contributed by atoms with Crippen molar-refractivity contribution >= 4 is 17.2 Å². The van der Waals surface area contributed by atoms with Gasteiger partial charge in [0.15, 0.2) is 11.6 Å². The number of aryl methyl sites for hydroxylation is 1. The first-order valence-electron chi connectivity index (χ1n) is 6.86. The molecule has 112 valence electrons. The Morgan fingerprint density at radius 1 is 1.27 bits per heavy atom. The molecule has 7 heteroatoms. The quantitative estimate of drug-likeness (QED) is 0.783. The Bertz CT molecular complexity index is 765. The summed E-state index contributed by atoms with van der Waals surface area (Å²) in [4.78, 5) is 25.4. The van der Waals surface area contributed by atoms with Crippen molar-refractivity contribution in [2.45, 2.75) is 13.5 Å². The molecular formula is C15H15N5OS. The standard InChI is InChI=1S/C15H15N5OS/c1-11-9-12(22-10-11)15(21)19-6-8-20-7-5-18-14(20)13-16-3-2-4-17-13/h2-5,7,9-10H,6,8H2,1H3,(H,19,21). The van der Waals surface area contributed by atoms with Crippen LogP contribution in [0.5, 0.6) is 0 Å². The van der Waals surface area contributed by atoms with Crippen molar-refractivity contribution in [3.05, 3.63) is 52.7 Å². The Balaban J connectivity index is 1.61. The molecule has 0 saturated carbocycles. The average Bonchev–Trinajstić information content (AvgIpc) is 3.17. The molecule has 3 aromatic rings. The van der Waals surface area contributed by atoms with Crippen LogP contribution < -0.4 is 5.32 Å². The molecule has 0 atom stereocenters. The molecule has 0 spiro atoms. The van der Waals surface area contributed by atoms with E-state index in [2.05, 4.69) is 20.3 Å². The highest BCUT2D eigenvalue weighted by Gasteiger charge is 2.10. The molecular weight excluding hydrogens is 298 g/mol. The van der Waals surface area contributed by atoms with Crippen LogP contribution in [0.1, 0.15) is 15.2 Å². The highest BCUT2D eigenvalue weighted by atomic mass is 32.1. The van der Waals surface area contributed by atoms with Gasteiger partial charge >= 0.3 is 0 Å². The zero-order valence-electron chi connectivity index (χ0n) is 12.1. The van der Waals surface area contributed by atoms with Crippen molar-refractivity contribution in [3.8, 4) is 11.6 Å². The third kappa shape index (κ3) is 3.20. The van der Waals surface area contributed by atoms with E-state index < -0.39 is 0 Å². The van der Waals surface area contributed by atoms with Crippen molar-refractivity contribution in [1.82, 2.24) is 24.8 Å². The Morgan fingerprint density at radius 2 is 2.09 bits per heavy atom. The number of hydrogen-bond donors (Lipinski definition) is 1. The summed E-state index contributed by atoms with van der Waals surface area (Å²) >= 11 is 1.45. The lowest BCUT2D eigenvalue weighted by molar-refractivity contribution is 0.0956. The molecule has 0 aromatic carbocycles. The molecule has 0 saturated heterocycles. The van der Waals surface area contributed by atoms with E-state index in [1.165, 1.54) is 11.3 Å². The van der Waals surface area contributed by atoms with Crippen LogP contribution >= 0.6 is 11.3 Å². The third-order valence-corrected chi connectivity index (χ3v) is 4.12. The largest absolute Gasteiger partial charge is 0.350 e. The van der Waals surface area contributed by atoms with E-state index in [0.717, 1.165) is 10.4 Å². The van der Waals surface area contributed by atoms with Gasteiger partial charge in [-0.05, 0) is 30.0 Å². The first kappa shape index (κ1) is 14.4. The number of amides is 1. The minimum absolute atomic E-state index is 0.0456. The van der Waals surface area contributed by atoms with E-state index in [4.69, 9.17) is 0 Å². The fourth-order valence-corrected chi connectivity index (χ4v) is 2.85. The van der Waals surface area contributed by atoms with Crippen molar-refractivity contribution in [1.29, 1.82) is 0 Å². The van der Waals surface area contributed by atoms with Crippen LogP contribution in [0, 0.1) is 6.92 Å². The van der Waals surface area contributed by atoms with Gasteiger partial charge in [-0.1, -0.05) is 0 Å². The fraction of sp³-hybridized carbons (Fsp3) is 0.200. The monoisotopic (exact) mass is 313 g/mol. The average molecular weight is 313 g/mol. The highest BCUT2D eigenvalue weighted by molar-refractivity contribution is 7.12. The predicted octanol–water partition coefficient (Wildman–Crippen LogP) is 2.14. The van der Waals surface area contributed by atoms with Gasteiger partial charge in [0.2, 0.25) is 0 Å². The van der Waals surface area contributed by atoms with Gasteiger partial charge in [-0.15, -0.1) is 11.3 Å². The second-order valence-corrected chi connectivity index (χ2v) is 5.67. The molecule has 0 bridgehead atoms. The van der Waals surface area contributed by atoms with Gasteiger partial charge in [0, 0.05) is 37.9 Å². The topological polar surface area (TPSA) is 72.7 Å². The number of aromatic nitrogens is 4. The predicted molar refractivity (Wildman–Crippen MR) is 84.6 cm³/mol. The number of thiophene rings is 1. The van der Waals surface area contributed by atoms with Crippen LogP contribution in [0.4, 0.5) is 0 Å². The second-order valence-electron chi connectivity index (χ2n) is 4.76. The fourth-order valence-electron chi connectivity index (χ4n) is 2.04. The minimum Gasteiger partial charge on any atom is -0.350 e. The van der Waals surface area contributed by atoms with Gasteiger partial charge in [-0.3, -0.25) is 4.79 Å². The summed E-state index contributed by atoms with van der Waals surface area (Å²) in [7, 11) is 0. The number of carbonyl (C=O) groups excluding carboxylic acids is 1. The van der Waals surface area contributed by atoms with Gasteiger partial charge in [-0.25, -0.2) is 15.0 Å². The van der Waals surface area contributed by atoms with Crippen LogP contribution in [0.15, 0.2) is 42.3 Å². The number of hydrogen-bond acceptors (Lipinski definition) is 5. The summed E-state index contributed by atoms with van der Waals surface area (Å²) in [5.41, 5.74) is 1.10.